The molecule has 0 spiro atoms. The molecule has 0 radical (unpaired) electrons. The molecule has 2 atom stereocenters. The number of halogens is 4. The summed E-state index contributed by atoms with van der Waals surface area (Å²) in [4.78, 5) is 0. The first-order valence-electron chi connectivity index (χ1n) is 6.39. The van der Waals surface area contributed by atoms with Gasteiger partial charge >= 0.3 is 6.18 Å². The SMILES string of the molecule is Cc1c([C@@H](C)N[S+]([O-])C(C)(C)C)cc(F)cc1C(F)(F)F. The van der Waals surface area contributed by atoms with E-state index in [9.17, 15) is 22.1 Å². The van der Waals surface area contributed by atoms with Crippen molar-refractivity contribution in [1.82, 2.24) is 4.72 Å². The Bertz CT molecular complexity index is 511. The number of hydrogen-bond donors (Lipinski definition) is 1. The summed E-state index contributed by atoms with van der Waals surface area (Å²) in [6.45, 7) is 8.06. The Morgan fingerprint density at radius 2 is 1.71 bits per heavy atom. The van der Waals surface area contributed by atoms with Gasteiger partial charge in [0.1, 0.15) is 10.6 Å². The van der Waals surface area contributed by atoms with Crippen LogP contribution in [0, 0.1) is 12.7 Å². The van der Waals surface area contributed by atoms with Crippen LogP contribution in [-0.4, -0.2) is 9.30 Å². The molecule has 120 valence electrons. The van der Waals surface area contributed by atoms with Crippen LogP contribution >= 0.6 is 0 Å². The molecule has 0 fully saturated rings. The normalized spacial score (nSPS) is 15.9. The molecule has 2 nitrogen and oxygen atoms in total. The third kappa shape index (κ3) is 4.59. The molecular formula is C14H19F4NOS. The predicted molar refractivity (Wildman–Crippen MR) is 75.6 cm³/mol. The molecule has 0 aliphatic rings. The maximum Gasteiger partial charge on any atom is 0.416 e. The van der Waals surface area contributed by atoms with Gasteiger partial charge in [-0.05, 0) is 57.9 Å². The van der Waals surface area contributed by atoms with Gasteiger partial charge in [-0.2, -0.15) is 13.2 Å². The third-order valence-electron chi connectivity index (χ3n) is 3.02. The second-order valence-electron chi connectivity index (χ2n) is 5.89. The Kier molecular flexibility index (Phi) is 5.34. The molecule has 0 heterocycles. The van der Waals surface area contributed by atoms with Crippen molar-refractivity contribution in [1.29, 1.82) is 0 Å². The van der Waals surface area contributed by atoms with Gasteiger partial charge in [-0.15, -0.1) is 4.72 Å². The highest BCUT2D eigenvalue weighted by Gasteiger charge is 2.35. The molecule has 7 heteroatoms. The number of rotatable bonds is 3. The largest absolute Gasteiger partial charge is 0.598 e. The first kappa shape index (κ1) is 18.3. The van der Waals surface area contributed by atoms with E-state index in [4.69, 9.17) is 0 Å². The van der Waals surface area contributed by atoms with E-state index in [0.717, 1.165) is 6.07 Å². The summed E-state index contributed by atoms with van der Waals surface area (Å²) in [5.74, 6) is -0.960. The number of nitrogens with one attached hydrogen (secondary N) is 1. The lowest BCUT2D eigenvalue weighted by molar-refractivity contribution is -0.138. The summed E-state index contributed by atoms with van der Waals surface area (Å²) in [6, 6.07) is 0.857. The van der Waals surface area contributed by atoms with Crippen molar-refractivity contribution in [3.05, 3.63) is 34.6 Å². The van der Waals surface area contributed by atoms with Gasteiger partial charge in [-0.25, -0.2) is 4.39 Å². The molecule has 0 aliphatic carbocycles. The second kappa shape index (κ2) is 6.14. The average molecular weight is 325 g/mol. The van der Waals surface area contributed by atoms with Crippen LogP contribution in [0.2, 0.25) is 0 Å². The Hall–Kier alpha value is -0.790. The van der Waals surface area contributed by atoms with E-state index in [0.29, 0.717) is 6.07 Å². The molecule has 0 bridgehead atoms. The van der Waals surface area contributed by atoms with Gasteiger partial charge in [-0.1, -0.05) is 0 Å². The molecule has 0 saturated carbocycles. The lowest BCUT2D eigenvalue weighted by Crippen LogP contribution is -2.40. The number of benzene rings is 1. The van der Waals surface area contributed by atoms with Crippen LogP contribution in [0.5, 0.6) is 0 Å². The molecule has 1 aromatic rings. The van der Waals surface area contributed by atoms with Gasteiger partial charge < -0.3 is 4.55 Å². The molecule has 0 aromatic heterocycles. The van der Waals surface area contributed by atoms with Crippen LogP contribution in [0.3, 0.4) is 0 Å². The van der Waals surface area contributed by atoms with Crippen LogP contribution in [0.15, 0.2) is 12.1 Å². The van der Waals surface area contributed by atoms with Crippen LogP contribution in [0.4, 0.5) is 17.6 Å². The Labute approximate surface area is 125 Å². The quantitative estimate of drug-likeness (QED) is 0.665. The first-order chi connectivity index (χ1) is 9.34. The molecule has 21 heavy (non-hydrogen) atoms. The Morgan fingerprint density at radius 1 is 1.19 bits per heavy atom. The summed E-state index contributed by atoms with van der Waals surface area (Å²) >= 11 is -1.46. The van der Waals surface area contributed by atoms with Crippen molar-refractivity contribution < 1.29 is 22.1 Å². The molecular weight excluding hydrogens is 306 g/mol. The van der Waals surface area contributed by atoms with Gasteiger partial charge in [0, 0.05) is 11.4 Å². The molecule has 0 aliphatic heterocycles. The van der Waals surface area contributed by atoms with E-state index in [1.165, 1.54) is 6.92 Å². The van der Waals surface area contributed by atoms with Crippen molar-refractivity contribution >= 4 is 11.4 Å². The van der Waals surface area contributed by atoms with Crippen LogP contribution in [0.1, 0.15) is 50.4 Å². The van der Waals surface area contributed by atoms with Crippen molar-refractivity contribution in [3.8, 4) is 0 Å². The summed E-state index contributed by atoms with van der Waals surface area (Å²) in [7, 11) is 0. The van der Waals surface area contributed by atoms with Crippen molar-refractivity contribution in [3.63, 3.8) is 0 Å². The fraction of sp³-hybridized carbons (Fsp3) is 0.571. The van der Waals surface area contributed by atoms with Crippen molar-refractivity contribution in [2.75, 3.05) is 0 Å². The van der Waals surface area contributed by atoms with E-state index in [1.54, 1.807) is 27.7 Å². The minimum Gasteiger partial charge on any atom is -0.598 e. The maximum absolute atomic E-state index is 13.5. The number of hydrogen-bond acceptors (Lipinski definition) is 2. The smallest absolute Gasteiger partial charge is 0.416 e. The first-order valence-corrected chi connectivity index (χ1v) is 7.54. The van der Waals surface area contributed by atoms with E-state index in [2.05, 4.69) is 4.72 Å². The minimum absolute atomic E-state index is 0.0604. The van der Waals surface area contributed by atoms with E-state index >= 15 is 0 Å². The summed E-state index contributed by atoms with van der Waals surface area (Å²) < 4.78 is 66.3. The predicted octanol–water partition coefficient (Wildman–Crippen LogP) is 4.27. The van der Waals surface area contributed by atoms with Crippen molar-refractivity contribution in [2.24, 2.45) is 0 Å². The average Bonchev–Trinajstić information content (AvgIpc) is 2.28. The van der Waals surface area contributed by atoms with Crippen LogP contribution in [0.25, 0.3) is 0 Å². The van der Waals surface area contributed by atoms with E-state index < -0.39 is 39.7 Å². The Morgan fingerprint density at radius 3 is 2.14 bits per heavy atom. The molecule has 0 saturated heterocycles. The Balaban J connectivity index is 3.16. The number of alkyl halides is 3. The zero-order valence-electron chi connectivity index (χ0n) is 12.6. The standard InChI is InChI=1S/C14H19F4NOS/c1-8-11(9(2)19-21(20)13(3,4)5)6-10(15)7-12(8)14(16,17)18/h6-7,9,19H,1-5H3/t9-,21?/m1/s1. The molecule has 1 rings (SSSR count). The van der Waals surface area contributed by atoms with Crippen LogP contribution in [-0.2, 0) is 17.5 Å². The lowest BCUT2D eigenvalue weighted by atomic mass is 9.97. The maximum atomic E-state index is 13.5. The van der Waals surface area contributed by atoms with Gasteiger partial charge in [0.15, 0.2) is 0 Å². The highest BCUT2D eigenvalue weighted by Crippen LogP contribution is 2.35. The minimum atomic E-state index is -4.62. The van der Waals surface area contributed by atoms with Gasteiger partial charge in [0.05, 0.1) is 11.6 Å². The lowest BCUT2D eigenvalue weighted by Gasteiger charge is -2.27. The highest BCUT2D eigenvalue weighted by molar-refractivity contribution is 7.90. The monoisotopic (exact) mass is 325 g/mol. The highest BCUT2D eigenvalue weighted by atomic mass is 32.2. The topological polar surface area (TPSA) is 35.1 Å². The molecule has 1 N–H and O–H groups in total. The van der Waals surface area contributed by atoms with Gasteiger partial charge in [0.25, 0.3) is 0 Å². The fourth-order valence-electron chi connectivity index (χ4n) is 1.85. The van der Waals surface area contributed by atoms with E-state index in [1.807, 2.05) is 0 Å². The summed E-state index contributed by atoms with van der Waals surface area (Å²) in [5.41, 5.74) is -0.914. The van der Waals surface area contributed by atoms with Gasteiger partial charge in [0.2, 0.25) is 0 Å². The zero-order chi connectivity index (χ0) is 16.6. The summed E-state index contributed by atoms with van der Waals surface area (Å²) in [5, 5.41) is 0. The summed E-state index contributed by atoms with van der Waals surface area (Å²) in [6.07, 6.45) is -4.62. The molecule has 0 amide bonds. The molecule has 1 unspecified atom stereocenters. The van der Waals surface area contributed by atoms with Gasteiger partial charge in [-0.3, -0.25) is 0 Å². The van der Waals surface area contributed by atoms with Crippen LogP contribution < -0.4 is 4.72 Å². The van der Waals surface area contributed by atoms with E-state index in [-0.39, 0.29) is 11.1 Å². The van der Waals surface area contributed by atoms with Crippen molar-refractivity contribution in [2.45, 2.75) is 51.6 Å². The molecule has 1 aromatic carbocycles. The zero-order valence-corrected chi connectivity index (χ0v) is 13.4. The fourth-order valence-corrected chi connectivity index (χ4v) is 2.65. The second-order valence-corrected chi connectivity index (χ2v) is 7.88. The third-order valence-corrected chi connectivity index (χ3v) is 4.70.